The van der Waals surface area contributed by atoms with E-state index in [1.54, 1.807) is 0 Å². The second-order valence-electron chi connectivity index (χ2n) is 2.69. The van der Waals surface area contributed by atoms with Crippen molar-refractivity contribution in [1.82, 2.24) is 4.98 Å². The van der Waals surface area contributed by atoms with Crippen molar-refractivity contribution in [2.75, 3.05) is 0 Å². The summed E-state index contributed by atoms with van der Waals surface area (Å²) in [5, 5.41) is 8.82. The van der Waals surface area contributed by atoms with Gasteiger partial charge >= 0.3 is 0 Å². The van der Waals surface area contributed by atoms with Gasteiger partial charge in [-0.1, -0.05) is 0 Å². The number of pyridine rings is 1. The summed E-state index contributed by atoms with van der Waals surface area (Å²) in [5.41, 5.74) is 3.95. The molecule has 0 aromatic carbocycles. The maximum atomic E-state index is 12.2. The molecule has 4 nitrogen and oxygen atoms in total. The van der Waals surface area contributed by atoms with Crippen LogP contribution in [0.4, 0.5) is 8.78 Å². The number of aromatic nitrogens is 1. The molecule has 0 amide bonds. The minimum atomic E-state index is -2.85. The number of H-pyrrole nitrogens is 1. The molecule has 4 N–H and O–H groups in total. The van der Waals surface area contributed by atoms with E-state index in [-0.39, 0.29) is 17.8 Å². The number of rotatable bonds is 3. The van der Waals surface area contributed by atoms with Gasteiger partial charge in [0.25, 0.3) is 6.43 Å². The van der Waals surface area contributed by atoms with Crippen molar-refractivity contribution < 1.29 is 13.9 Å². The molecule has 0 aliphatic rings. The highest BCUT2D eigenvalue weighted by molar-refractivity contribution is 5.25. The van der Waals surface area contributed by atoms with Gasteiger partial charge in [0.1, 0.15) is 0 Å². The molecule has 0 saturated heterocycles. The minimum Gasteiger partial charge on any atom is -0.391 e. The van der Waals surface area contributed by atoms with E-state index in [0.29, 0.717) is 0 Å². The molecular weight excluding hydrogens is 194 g/mol. The Hall–Kier alpha value is -1.27. The number of hydrogen-bond donors (Lipinski definition) is 3. The minimum absolute atomic E-state index is 0.00531. The molecular formula is C8H10F2N2O2. The molecule has 1 rings (SSSR count). The van der Waals surface area contributed by atoms with Crippen molar-refractivity contribution in [3.8, 4) is 0 Å². The Labute approximate surface area is 78.4 Å². The van der Waals surface area contributed by atoms with E-state index in [0.717, 1.165) is 6.20 Å². The van der Waals surface area contributed by atoms with Crippen LogP contribution in [0.5, 0.6) is 0 Å². The zero-order valence-electron chi connectivity index (χ0n) is 7.26. The predicted molar refractivity (Wildman–Crippen MR) is 45.8 cm³/mol. The zero-order chi connectivity index (χ0) is 10.7. The second kappa shape index (κ2) is 4.30. The van der Waals surface area contributed by atoms with Gasteiger partial charge in [-0.2, -0.15) is 0 Å². The normalized spacial score (nSPS) is 10.9. The number of nitrogens with two attached hydrogens (primary N) is 1. The standard InChI is InChI=1S/C8H10F2N2O2/c9-8(10)4-2-12-6(1-11)5(3-13)7(4)14/h2,8,13H,1,3,11H2,(H,12,14). The van der Waals surface area contributed by atoms with Gasteiger partial charge in [-0.05, 0) is 0 Å². The van der Waals surface area contributed by atoms with Gasteiger partial charge in [0.05, 0.1) is 12.2 Å². The lowest BCUT2D eigenvalue weighted by molar-refractivity contribution is 0.149. The van der Waals surface area contributed by atoms with Gasteiger partial charge in [0, 0.05) is 24.0 Å². The van der Waals surface area contributed by atoms with Crippen molar-refractivity contribution in [1.29, 1.82) is 0 Å². The first-order valence-corrected chi connectivity index (χ1v) is 3.94. The Morgan fingerprint density at radius 1 is 1.57 bits per heavy atom. The molecule has 78 valence electrons. The maximum absolute atomic E-state index is 12.2. The maximum Gasteiger partial charge on any atom is 0.269 e. The number of alkyl halides is 2. The molecule has 0 spiro atoms. The highest BCUT2D eigenvalue weighted by Gasteiger charge is 2.16. The Bertz CT molecular complexity index is 376. The first kappa shape index (κ1) is 10.8. The zero-order valence-corrected chi connectivity index (χ0v) is 7.26. The fraction of sp³-hybridized carbons (Fsp3) is 0.375. The first-order chi connectivity index (χ1) is 6.61. The molecule has 0 aliphatic heterocycles. The lowest BCUT2D eigenvalue weighted by atomic mass is 10.1. The molecule has 0 unspecified atom stereocenters. The highest BCUT2D eigenvalue weighted by atomic mass is 19.3. The SMILES string of the molecule is NCc1[nH]cc(C(F)F)c(=O)c1CO. The molecule has 0 saturated carbocycles. The summed E-state index contributed by atoms with van der Waals surface area (Å²) in [5.74, 6) is 0. The summed E-state index contributed by atoms with van der Waals surface area (Å²) in [6.45, 7) is -0.600. The Kier molecular flexibility index (Phi) is 3.32. The van der Waals surface area contributed by atoms with E-state index in [4.69, 9.17) is 10.8 Å². The molecule has 14 heavy (non-hydrogen) atoms. The lowest BCUT2D eigenvalue weighted by Crippen LogP contribution is -2.20. The predicted octanol–water partition coefficient (Wildman–Crippen LogP) is 0.264. The smallest absolute Gasteiger partial charge is 0.269 e. The average molecular weight is 204 g/mol. The van der Waals surface area contributed by atoms with Crippen molar-refractivity contribution >= 4 is 0 Å². The van der Waals surface area contributed by atoms with Gasteiger partial charge in [-0.25, -0.2) is 8.78 Å². The Balaban J connectivity index is 3.35. The molecule has 1 heterocycles. The van der Waals surface area contributed by atoms with E-state index < -0.39 is 24.0 Å². The Morgan fingerprint density at radius 3 is 2.64 bits per heavy atom. The van der Waals surface area contributed by atoms with Crippen LogP contribution in [0.3, 0.4) is 0 Å². The number of hydrogen-bond acceptors (Lipinski definition) is 3. The van der Waals surface area contributed by atoms with Crippen molar-refractivity contribution in [2.24, 2.45) is 5.73 Å². The van der Waals surface area contributed by atoms with Crippen LogP contribution in [0.2, 0.25) is 0 Å². The van der Waals surface area contributed by atoms with E-state index in [2.05, 4.69) is 4.98 Å². The first-order valence-electron chi connectivity index (χ1n) is 3.94. The van der Waals surface area contributed by atoms with Crippen LogP contribution in [-0.4, -0.2) is 10.1 Å². The Morgan fingerprint density at radius 2 is 2.21 bits per heavy atom. The van der Waals surface area contributed by atoms with Crippen LogP contribution in [0.1, 0.15) is 23.2 Å². The number of aliphatic hydroxyl groups excluding tert-OH is 1. The highest BCUT2D eigenvalue weighted by Crippen LogP contribution is 2.15. The third-order valence-corrected chi connectivity index (χ3v) is 1.90. The number of aromatic amines is 1. The monoisotopic (exact) mass is 204 g/mol. The van der Waals surface area contributed by atoms with Crippen LogP contribution >= 0.6 is 0 Å². The summed E-state index contributed by atoms with van der Waals surface area (Å²) in [6.07, 6.45) is -1.93. The number of aliphatic hydroxyl groups is 1. The quantitative estimate of drug-likeness (QED) is 0.660. The fourth-order valence-electron chi connectivity index (χ4n) is 1.14. The van der Waals surface area contributed by atoms with E-state index in [1.165, 1.54) is 0 Å². The van der Waals surface area contributed by atoms with Gasteiger partial charge in [0.15, 0.2) is 5.43 Å². The average Bonchev–Trinajstić information content (AvgIpc) is 2.16. The van der Waals surface area contributed by atoms with Crippen molar-refractivity contribution in [3.05, 3.63) is 33.2 Å². The molecule has 0 atom stereocenters. The van der Waals surface area contributed by atoms with Crippen molar-refractivity contribution in [2.45, 2.75) is 19.6 Å². The van der Waals surface area contributed by atoms with Crippen molar-refractivity contribution in [3.63, 3.8) is 0 Å². The fourth-order valence-corrected chi connectivity index (χ4v) is 1.14. The second-order valence-corrected chi connectivity index (χ2v) is 2.69. The van der Waals surface area contributed by atoms with Gasteiger partial charge in [-0.3, -0.25) is 4.79 Å². The topological polar surface area (TPSA) is 79.1 Å². The van der Waals surface area contributed by atoms with Crippen LogP contribution < -0.4 is 11.2 Å². The number of nitrogens with one attached hydrogen (secondary N) is 1. The van der Waals surface area contributed by atoms with E-state index in [1.807, 2.05) is 0 Å². The molecule has 0 radical (unpaired) electrons. The molecule has 0 aliphatic carbocycles. The lowest BCUT2D eigenvalue weighted by Gasteiger charge is -2.06. The van der Waals surface area contributed by atoms with Crippen LogP contribution in [0.15, 0.2) is 11.0 Å². The van der Waals surface area contributed by atoms with Gasteiger partial charge < -0.3 is 15.8 Å². The van der Waals surface area contributed by atoms with Crippen LogP contribution in [0, 0.1) is 0 Å². The molecule has 1 aromatic rings. The summed E-state index contributed by atoms with van der Waals surface area (Å²) < 4.78 is 24.5. The largest absolute Gasteiger partial charge is 0.391 e. The summed E-state index contributed by atoms with van der Waals surface area (Å²) in [7, 11) is 0. The van der Waals surface area contributed by atoms with Gasteiger partial charge in [-0.15, -0.1) is 0 Å². The molecule has 6 heteroatoms. The third kappa shape index (κ3) is 1.80. The van der Waals surface area contributed by atoms with E-state index >= 15 is 0 Å². The molecule has 1 aromatic heterocycles. The van der Waals surface area contributed by atoms with E-state index in [9.17, 15) is 13.6 Å². The van der Waals surface area contributed by atoms with Crippen LogP contribution in [0.25, 0.3) is 0 Å². The van der Waals surface area contributed by atoms with Crippen LogP contribution in [-0.2, 0) is 13.2 Å². The third-order valence-electron chi connectivity index (χ3n) is 1.90. The van der Waals surface area contributed by atoms with Gasteiger partial charge in [0.2, 0.25) is 0 Å². The number of halogens is 2. The molecule has 0 fully saturated rings. The summed E-state index contributed by atoms with van der Waals surface area (Å²) in [6, 6.07) is 0. The summed E-state index contributed by atoms with van der Waals surface area (Å²) >= 11 is 0. The summed E-state index contributed by atoms with van der Waals surface area (Å²) in [4.78, 5) is 13.8. The molecule has 0 bridgehead atoms.